The minimum absolute atomic E-state index is 0.0187. The standard InChI is InChI=1S/C14H20N2O3/c1-9(14(2,3)4)16(5)12(17)10-6-7-15-8-11(10)13(18)19/h6-9H,1-5H3,(H,18,19). The van der Waals surface area contributed by atoms with Crippen LogP contribution in [0.5, 0.6) is 0 Å². The Balaban J connectivity index is 3.11. The van der Waals surface area contributed by atoms with Crippen molar-refractivity contribution >= 4 is 11.9 Å². The molecule has 0 saturated carbocycles. The average Bonchev–Trinajstić information content (AvgIpc) is 2.34. The van der Waals surface area contributed by atoms with Crippen LogP contribution in [0.2, 0.25) is 0 Å². The number of amides is 1. The zero-order valence-corrected chi connectivity index (χ0v) is 12.0. The zero-order valence-electron chi connectivity index (χ0n) is 12.0. The predicted octanol–water partition coefficient (Wildman–Crippen LogP) is 2.29. The summed E-state index contributed by atoms with van der Waals surface area (Å²) >= 11 is 0. The van der Waals surface area contributed by atoms with Crippen molar-refractivity contribution in [2.75, 3.05) is 7.05 Å². The first-order valence-electron chi connectivity index (χ1n) is 6.10. The molecule has 0 bridgehead atoms. The number of carbonyl (C=O) groups excluding carboxylic acids is 1. The molecule has 1 heterocycles. The maximum absolute atomic E-state index is 12.4. The summed E-state index contributed by atoms with van der Waals surface area (Å²) in [5.41, 5.74) is 0.0162. The SMILES string of the molecule is CC(N(C)C(=O)c1ccncc1C(=O)O)C(C)(C)C. The van der Waals surface area contributed by atoms with Crippen LogP contribution in [-0.4, -0.2) is 40.0 Å². The van der Waals surface area contributed by atoms with Crippen molar-refractivity contribution in [3.05, 3.63) is 29.6 Å². The number of hydrogen-bond acceptors (Lipinski definition) is 3. The van der Waals surface area contributed by atoms with Gasteiger partial charge in [0.05, 0.1) is 11.1 Å². The van der Waals surface area contributed by atoms with Gasteiger partial charge < -0.3 is 10.0 Å². The van der Waals surface area contributed by atoms with Gasteiger partial charge in [0.2, 0.25) is 0 Å². The third-order valence-corrected chi connectivity index (χ3v) is 3.44. The van der Waals surface area contributed by atoms with Crippen molar-refractivity contribution in [1.82, 2.24) is 9.88 Å². The second-order valence-electron chi connectivity index (χ2n) is 5.68. The normalized spacial score (nSPS) is 12.9. The second-order valence-corrected chi connectivity index (χ2v) is 5.68. The lowest BCUT2D eigenvalue weighted by Crippen LogP contribution is -2.43. The number of rotatable bonds is 3. The summed E-state index contributed by atoms with van der Waals surface area (Å²) in [7, 11) is 1.68. The predicted molar refractivity (Wildman–Crippen MR) is 72.2 cm³/mol. The van der Waals surface area contributed by atoms with E-state index in [0.29, 0.717) is 0 Å². The molecule has 0 aromatic carbocycles. The van der Waals surface area contributed by atoms with Crippen molar-refractivity contribution in [2.24, 2.45) is 5.41 Å². The van der Waals surface area contributed by atoms with Crippen molar-refractivity contribution < 1.29 is 14.7 Å². The fraction of sp³-hybridized carbons (Fsp3) is 0.500. The Morgan fingerprint density at radius 3 is 2.37 bits per heavy atom. The molecule has 1 rings (SSSR count). The first-order chi connectivity index (χ1) is 8.66. The van der Waals surface area contributed by atoms with E-state index in [9.17, 15) is 9.59 Å². The topological polar surface area (TPSA) is 70.5 Å². The number of aromatic carboxylic acids is 1. The van der Waals surface area contributed by atoms with Gasteiger partial charge in [0, 0.05) is 25.5 Å². The van der Waals surface area contributed by atoms with Crippen LogP contribution in [0.3, 0.4) is 0 Å². The van der Waals surface area contributed by atoms with Gasteiger partial charge in [-0.1, -0.05) is 20.8 Å². The van der Waals surface area contributed by atoms with Crippen molar-refractivity contribution in [3.8, 4) is 0 Å². The highest BCUT2D eigenvalue weighted by Gasteiger charge is 2.29. The molecule has 1 aromatic rings. The largest absolute Gasteiger partial charge is 0.478 e. The number of nitrogens with zero attached hydrogens (tertiary/aromatic N) is 2. The Morgan fingerprint density at radius 1 is 1.32 bits per heavy atom. The first kappa shape index (κ1) is 15.1. The number of pyridine rings is 1. The van der Waals surface area contributed by atoms with Crippen LogP contribution in [0.4, 0.5) is 0 Å². The average molecular weight is 264 g/mol. The summed E-state index contributed by atoms with van der Waals surface area (Å²) in [5.74, 6) is -1.45. The number of hydrogen-bond donors (Lipinski definition) is 1. The van der Waals surface area contributed by atoms with Gasteiger partial charge >= 0.3 is 5.97 Å². The molecule has 1 N–H and O–H groups in total. The molecule has 1 unspecified atom stereocenters. The molecule has 1 aromatic heterocycles. The highest BCUT2D eigenvalue weighted by Crippen LogP contribution is 2.24. The van der Waals surface area contributed by atoms with Crippen LogP contribution in [0, 0.1) is 5.41 Å². The maximum atomic E-state index is 12.4. The third-order valence-electron chi connectivity index (χ3n) is 3.44. The lowest BCUT2D eigenvalue weighted by atomic mass is 9.87. The van der Waals surface area contributed by atoms with Gasteiger partial charge in [-0.2, -0.15) is 0 Å². The summed E-state index contributed by atoms with van der Waals surface area (Å²) < 4.78 is 0. The lowest BCUT2D eigenvalue weighted by Gasteiger charge is -2.35. The van der Waals surface area contributed by atoms with Gasteiger partial charge in [-0.25, -0.2) is 4.79 Å². The molecule has 0 fully saturated rings. The van der Waals surface area contributed by atoms with E-state index in [0.717, 1.165) is 0 Å². The Labute approximate surface area is 113 Å². The van der Waals surface area contributed by atoms with Crippen LogP contribution < -0.4 is 0 Å². The molecule has 0 saturated heterocycles. The summed E-state index contributed by atoms with van der Waals surface area (Å²) in [6.45, 7) is 8.05. The molecular weight excluding hydrogens is 244 g/mol. The third kappa shape index (κ3) is 3.30. The Bertz CT molecular complexity index is 492. The first-order valence-corrected chi connectivity index (χ1v) is 6.10. The van der Waals surface area contributed by atoms with E-state index in [1.54, 1.807) is 11.9 Å². The zero-order chi connectivity index (χ0) is 14.8. The summed E-state index contributed by atoms with van der Waals surface area (Å²) in [5, 5.41) is 9.08. The molecule has 0 aliphatic heterocycles. The van der Waals surface area contributed by atoms with Gasteiger partial charge in [0.1, 0.15) is 0 Å². The lowest BCUT2D eigenvalue weighted by molar-refractivity contribution is 0.0609. The Hall–Kier alpha value is -1.91. The van der Waals surface area contributed by atoms with Gasteiger partial charge in [-0.05, 0) is 18.4 Å². The summed E-state index contributed by atoms with van der Waals surface area (Å²) in [6.07, 6.45) is 2.63. The minimum atomic E-state index is -1.15. The Morgan fingerprint density at radius 2 is 1.89 bits per heavy atom. The fourth-order valence-corrected chi connectivity index (χ4v) is 1.70. The molecule has 19 heavy (non-hydrogen) atoms. The molecule has 0 spiro atoms. The van der Waals surface area contributed by atoms with Gasteiger partial charge in [0.15, 0.2) is 0 Å². The second kappa shape index (κ2) is 5.38. The molecule has 0 aliphatic carbocycles. The van der Waals surface area contributed by atoms with Crippen LogP contribution in [0.15, 0.2) is 18.5 Å². The van der Waals surface area contributed by atoms with E-state index in [4.69, 9.17) is 5.11 Å². The molecular formula is C14H20N2O3. The number of carbonyl (C=O) groups is 2. The minimum Gasteiger partial charge on any atom is -0.478 e. The molecule has 104 valence electrons. The highest BCUT2D eigenvalue weighted by molar-refractivity contribution is 6.04. The van der Waals surface area contributed by atoms with Crippen molar-refractivity contribution in [1.29, 1.82) is 0 Å². The number of carboxylic acid groups (broad SMARTS) is 1. The van der Waals surface area contributed by atoms with Gasteiger partial charge in [-0.15, -0.1) is 0 Å². The van der Waals surface area contributed by atoms with E-state index < -0.39 is 5.97 Å². The van der Waals surface area contributed by atoms with Gasteiger partial charge in [-0.3, -0.25) is 9.78 Å². The summed E-state index contributed by atoms with van der Waals surface area (Å²) in [4.78, 5) is 28.8. The van der Waals surface area contributed by atoms with E-state index in [-0.39, 0.29) is 28.5 Å². The monoisotopic (exact) mass is 264 g/mol. The molecule has 5 heteroatoms. The van der Waals surface area contributed by atoms with Crippen LogP contribution in [0.1, 0.15) is 48.4 Å². The summed E-state index contributed by atoms with van der Waals surface area (Å²) in [6, 6.07) is 1.42. The van der Waals surface area contributed by atoms with Crippen molar-refractivity contribution in [3.63, 3.8) is 0 Å². The van der Waals surface area contributed by atoms with E-state index >= 15 is 0 Å². The van der Waals surface area contributed by atoms with Gasteiger partial charge in [0.25, 0.3) is 5.91 Å². The maximum Gasteiger partial charge on any atom is 0.338 e. The molecule has 0 radical (unpaired) electrons. The number of aromatic nitrogens is 1. The van der Waals surface area contributed by atoms with E-state index in [1.807, 2.05) is 27.7 Å². The highest BCUT2D eigenvalue weighted by atomic mass is 16.4. The number of carboxylic acids is 1. The van der Waals surface area contributed by atoms with Crippen LogP contribution in [-0.2, 0) is 0 Å². The molecule has 1 atom stereocenters. The Kier molecular flexibility index (Phi) is 4.29. The van der Waals surface area contributed by atoms with Crippen LogP contribution in [0.25, 0.3) is 0 Å². The van der Waals surface area contributed by atoms with Crippen LogP contribution >= 0.6 is 0 Å². The van der Waals surface area contributed by atoms with E-state index in [2.05, 4.69) is 4.98 Å². The molecule has 1 amide bonds. The van der Waals surface area contributed by atoms with Crippen molar-refractivity contribution in [2.45, 2.75) is 33.7 Å². The van der Waals surface area contributed by atoms with E-state index in [1.165, 1.54) is 18.5 Å². The fourth-order valence-electron chi connectivity index (χ4n) is 1.70. The molecule has 0 aliphatic rings. The molecule has 5 nitrogen and oxygen atoms in total. The smallest absolute Gasteiger partial charge is 0.338 e. The quantitative estimate of drug-likeness (QED) is 0.909.